The molecule has 0 amide bonds. The van der Waals surface area contributed by atoms with Gasteiger partial charge >= 0.3 is 5.97 Å². The molecule has 0 bridgehead atoms. The molecule has 8 heteroatoms. The van der Waals surface area contributed by atoms with Gasteiger partial charge in [-0.05, 0) is 54.1 Å². The van der Waals surface area contributed by atoms with Gasteiger partial charge in [0.05, 0.1) is 22.3 Å². The van der Waals surface area contributed by atoms with Crippen LogP contribution in [0.15, 0.2) is 79.0 Å². The van der Waals surface area contributed by atoms with E-state index in [-0.39, 0.29) is 6.42 Å². The summed E-state index contributed by atoms with van der Waals surface area (Å²) in [6.07, 6.45) is 3.64. The Balaban J connectivity index is 1.51. The van der Waals surface area contributed by atoms with Crippen molar-refractivity contribution in [2.24, 2.45) is 0 Å². The lowest BCUT2D eigenvalue weighted by Gasteiger charge is -2.18. The number of thiazole rings is 1. The molecule has 1 aliphatic heterocycles. The van der Waals surface area contributed by atoms with Crippen LogP contribution in [0.1, 0.15) is 17.0 Å². The molecule has 0 spiro atoms. The third kappa shape index (κ3) is 4.34. The molecule has 7 nitrogen and oxygen atoms in total. The predicted molar refractivity (Wildman–Crippen MR) is 140 cm³/mol. The van der Waals surface area contributed by atoms with Crippen LogP contribution in [0.4, 0.5) is 0 Å². The summed E-state index contributed by atoms with van der Waals surface area (Å²) in [6, 6.07) is 23.3. The van der Waals surface area contributed by atoms with Crippen LogP contribution >= 0.6 is 11.3 Å². The predicted octanol–water partition coefficient (Wildman–Crippen LogP) is 5.94. The second-order valence-corrected chi connectivity index (χ2v) is 9.33. The number of ether oxygens (including phenoxy) is 2. The number of carboxylic acid groups (broad SMARTS) is 1. The molecule has 1 N–H and O–H groups in total. The normalized spacial score (nSPS) is 13.2. The van der Waals surface area contributed by atoms with Gasteiger partial charge in [0.25, 0.3) is 0 Å². The number of rotatable bonds is 6. The van der Waals surface area contributed by atoms with Crippen LogP contribution in [-0.4, -0.2) is 39.1 Å². The van der Waals surface area contributed by atoms with Crippen LogP contribution in [0.3, 0.4) is 0 Å². The highest BCUT2D eigenvalue weighted by Crippen LogP contribution is 2.37. The first kappa shape index (κ1) is 22.1. The van der Waals surface area contributed by atoms with E-state index in [1.54, 1.807) is 4.68 Å². The zero-order valence-corrected chi connectivity index (χ0v) is 19.9. The molecule has 36 heavy (non-hydrogen) atoms. The minimum absolute atomic E-state index is 0.156. The molecular formula is C28H21N3O4S. The number of carboxylic acids is 1. The highest BCUT2D eigenvalue weighted by molar-refractivity contribution is 7.19. The van der Waals surface area contributed by atoms with Crippen molar-refractivity contribution in [1.29, 1.82) is 0 Å². The van der Waals surface area contributed by atoms with E-state index in [2.05, 4.69) is 0 Å². The number of aliphatic carboxylic acids is 1. The highest BCUT2D eigenvalue weighted by atomic mass is 32.1. The largest absolute Gasteiger partial charge is 0.486 e. The van der Waals surface area contributed by atoms with E-state index in [1.165, 1.54) is 11.3 Å². The molecule has 178 valence electrons. The van der Waals surface area contributed by atoms with Gasteiger partial charge in [-0.2, -0.15) is 5.10 Å². The number of aromatic nitrogens is 3. The smallest absolute Gasteiger partial charge is 0.307 e. The fourth-order valence-corrected chi connectivity index (χ4v) is 5.15. The quantitative estimate of drug-likeness (QED) is 0.314. The third-order valence-electron chi connectivity index (χ3n) is 5.82. The minimum atomic E-state index is -0.920. The SMILES string of the molecule is O=C(O)C/C(=C\c1cn(-c2ccccc2)nc1-c1ccc2c(c1)OCCO2)c1nc2ccccc2s1. The van der Waals surface area contributed by atoms with Gasteiger partial charge in [0.2, 0.25) is 0 Å². The van der Waals surface area contributed by atoms with Gasteiger partial charge in [-0.1, -0.05) is 30.3 Å². The molecule has 5 aromatic rings. The first-order valence-electron chi connectivity index (χ1n) is 11.5. The van der Waals surface area contributed by atoms with E-state index < -0.39 is 5.97 Å². The van der Waals surface area contributed by atoms with Crippen molar-refractivity contribution in [2.75, 3.05) is 13.2 Å². The molecule has 6 rings (SSSR count). The van der Waals surface area contributed by atoms with Crippen molar-refractivity contribution in [1.82, 2.24) is 14.8 Å². The van der Waals surface area contributed by atoms with E-state index in [4.69, 9.17) is 19.6 Å². The lowest BCUT2D eigenvalue weighted by molar-refractivity contribution is -0.135. The lowest BCUT2D eigenvalue weighted by Crippen LogP contribution is -2.15. The van der Waals surface area contributed by atoms with Crippen LogP contribution in [0.5, 0.6) is 11.5 Å². The van der Waals surface area contributed by atoms with Gasteiger partial charge < -0.3 is 14.6 Å². The van der Waals surface area contributed by atoms with Gasteiger partial charge in [-0.3, -0.25) is 4.79 Å². The molecule has 2 aromatic heterocycles. The van der Waals surface area contributed by atoms with E-state index in [9.17, 15) is 9.90 Å². The van der Waals surface area contributed by atoms with Crippen molar-refractivity contribution >= 4 is 39.2 Å². The van der Waals surface area contributed by atoms with Crippen molar-refractivity contribution in [3.63, 3.8) is 0 Å². The van der Waals surface area contributed by atoms with Crippen LogP contribution in [-0.2, 0) is 4.79 Å². The Kier molecular flexibility index (Phi) is 5.71. The minimum Gasteiger partial charge on any atom is -0.486 e. The number of benzene rings is 3. The van der Waals surface area contributed by atoms with Gasteiger partial charge in [-0.15, -0.1) is 11.3 Å². The molecular weight excluding hydrogens is 474 g/mol. The summed E-state index contributed by atoms with van der Waals surface area (Å²) in [4.78, 5) is 16.5. The van der Waals surface area contributed by atoms with E-state index in [0.717, 1.165) is 27.0 Å². The number of hydrogen-bond donors (Lipinski definition) is 1. The second-order valence-electron chi connectivity index (χ2n) is 8.30. The zero-order valence-electron chi connectivity index (χ0n) is 19.1. The summed E-state index contributed by atoms with van der Waals surface area (Å²) in [5.41, 5.74) is 4.71. The second kappa shape index (κ2) is 9.31. The average Bonchev–Trinajstić information content (AvgIpc) is 3.53. The van der Waals surface area contributed by atoms with Crippen LogP contribution in [0, 0.1) is 0 Å². The molecule has 0 atom stereocenters. The Labute approximate surface area is 210 Å². The monoisotopic (exact) mass is 495 g/mol. The Morgan fingerprint density at radius 3 is 2.58 bits per heavy atom. The summed E-state index contributed by atoms with van der Waals surface area (Å²) in [5.74, 6) is 0.447. The molecule has 0 radical (unpaired) electrons. The standard InChI is InChI=1S/C28H21N3O4S/c32-26(33)16-19(28-29-22-8-4-5-9-25(22)36-28)14-20-17-31(21-6-2-1-3-7-21)30-27(20)18-10-11-23-24(15-18)35-13-12-34-23/h1-11,14-15,17H,12-13,16H2,(H,32,33)/b19-14+. The van der Waals surface area contributed by atoms with Crippen LogP contribution in [0.2, 0.25) is 0 Å². The zero-order chi connectivity index (χ0) is 24.5. The number of nitrogens with zero attached hydrogens (tertiary/aromatic N) is 3. The molecule has 3 heterocycles. The summed E-state index contributed by atoms with van der Waals surface area (Å²) < 4.78 is 14.3. The Hall–Kier alpha value is -4.43. The van der Waals surface area contributed by atoms with Crippen molar-refractivity contribution in [3.8, 4) is 28.4 Å². The van der Waals surface area contributed by atoms with Crippen LogP contribution < -0.4 is 9.47 Å². The molecule has 0 saturated carbocycles. The van der Waals surface area contributed by atoms with E-state index in [1.807, 2.05) is 85.1 Å². The third-order valence-corrected chi connectivity index (χ3v) is 6.93. The van der Waals surface area contributed by atoms with E-state index >= 15 is 0 Å². The first-order chi connectivity index (χ1) is 17.6. The highest BCUT2D eigenvalue weighted by Gasteiger charge is 2.19. The molecule has 0 saturated heterocycles. The van der Waals surface area contributed by atoms with E-state index in [0.29, 0.717) is 41.0 Å². The molecule has 0 fully saturated rings. The summed E-state index contributed by atoms with van der Waals surface area (Å²) in [5, 5.41) is 15.2. The lowest BCUT2D eigenvalue weighted by atomic mass is 10.0. The maximum absolute atomic E-state index is 11.8. The average molecular weight is 496 g/mol. The topological polar surface area (TPSA) is 86.5 Å². The number of para-hydroxylation sites is 2. The van der Waals surface area contributed by atoms with Gasteiger partial charge in [0, 0.05) is 17.3 Å². The number of hydrogen-bond acceptors (Lipinski definition) is 6. The fraction of sp³-hybridized carbons (Fsp3) is 0.107. The molecule has 3 aromatic carbocycles. The Morgan fingerprint density at radius 2 is 1.78 bits per heavy atom. The Morgan fingerprint density at radius 1 is 1.00 bits per heavy atom. The maximum atomic E-state index is 11.8. The van der Waals surface area contributed by atoms with Crippen molar-refractivity contribution in [3.05, 3.63) is 89.6 Å². The number of carbonyl (C=O) groups is 1. The molecule has 0 aliphatic carbocycles. The molecule has 1 aliphatic rings. The van der Waals surface area contributed by atoms with Crippen LogP contribution in [0.25, 0.3) is 38.8 Å². The Bertz CT molecular complexity index is 1570. The summed E-state index contributed by atoms with van der Waals surface area (Å²) >= 11 is 1.48. The first-order valence-corrected chi connectivity index (χ1v) is 12.3. The maximum Gasteiger partial charge on any atom is 0.307 e. The molecule has 0 unspecified atom stereocenters. The van der Waals surface area contributed by atoms with Gasteiger partial charge in [0.15, 0.2) is 11.5 Å². The van der Waals surface area contributed by atoms with Crippen molar-refractivity contribution < 1.29 is 19.4 Å². The van der Waals surface area contributed by atoms with Crippen molar-refractivity contribution in [2.45, 2.75) is 6.42 Å². The number of fused-ring (bicyclic) bond motifs is 2. The summed E-state index contributed by atoms with van der Waals surface area (Å²) in [6.45, 7) is 1.01. The van der Waals surface area contributed by atoms with Gasteiger partial charge in [0.1, 0.15) is 23.9 Å². The van der Waals surface area contributed by atoms with Gasteiger partial charge in [-0.25, -0.2) is 9.67 Å². The fourth-order valence-electron chi connectivity index (χ4n) is 4.17. The summed E-state index contributed by atoms with van der Waals surface area (Å²) in [7, 11) is 0.